The minimum absolute atomic E-state index is 0.241. The molecule has 0 aromatic rings. The van der Waals surface area contributed by atoms with E-state index < -0.39 is 5.60 Å². The summed E-state index contributed by atoms with van der Waals surface area (Å²) in [4.78, 5) is 4.52. The summed E-state index contributed by atoms with van der Waals surface area (Å²) in [5.74, 6) is 4.96. The number of methoxy groups -OCH3 is 3. The second-order valence-corrected chi connectivity index (χ2v) is 2.56. The van der Waals surface area contributed by atoms with Crippen LogP contribution in [0.15, 0.2) is 0 Å². The molecule has 12 heavy (non-hydrogen) atoms. The van der Waals surface area contributed by atoms with Crippen molar-refractivity contribution in [3.05, 3.63) is 0 Å². The molecule has 0 amide bonds. The molecule has 0 bridgehead atoms. The molecule has 0 unspecified atom stereocenters. The lowest BCUT2D eigenvalue weighted by atomic mass is 10.1. The van der Waals surface area contributed by atoms with Gasteiger partial charge in [0.05, 0.1) is 13.2 Å². The predicted molar refractivity (Wildman–Crippen MR) is 43.6 cm³/mol. The van der Waals surface area contributed by atoms with E-state index in [9.17, 15) is 0 Å². The maximum Gasteiger partial charge on any atom is 0.139 e. The normalized spacial score (nSPS) is 12.0. The van der Waals surface area contributed by atoms with Crippen LogP contribution < -0.4 is 5.90 Å². The van der Waals surface area contributed by atoms with E-state index in [-0.39, 0.29) is 6.61 Å². The molecule has 0 radical (unpaired) electrons. The fraction of sp³-hybridized carbons (Fsp3) is 1.00. The highest BCUT2D eigenvalue weighted by Crippen LogP contribution is 2.10. The molecule has 0 aromatic heterocycles. The monoisotopic (exact) mass is 179 g/mol. The molecular formula is C7H17NO4. The van der Waals surface area contributed by atoms with Crippen molar-refractivity contribution < 1.29 is 19.0 Å². The molecule has 5 heteroatoms. The standard InChI is InChI=1S/C7H17NO4/c1-9-4-7(11-3,5-10-2)6-12-8/h4-6,8H2,1-3H3. The highest BCUT2D eigenvalue weighted by Gasteiger charge is 2.30. The van der Waals surface area contributed by atoms with Gasteiger partial charge in [0.25, 0.3) is 0 Å². The van der Waals surface area contributed by atoms with E-state index >= 15 is 0 Å². The molecule has 0 aliphatic rings. The van der Waals surface area contributed by atoms with E-state index in [0.717, 1.165) is 0 Å². The van der Waals surface area contributed by atoms with Gasteiger partial charge >= 0.3 is 0 Å². The summed E-state index contributed by atoms with van der Waals surface area (Å²) in [7, 11) is 4.73. The summed E-state index contributed by atoms with van der Waals surface area (Å²) in [6.45, 7) is 1.01. The fourth-order valence-electron chi connectivity index (χ4n) is 0.980. The molecule has 0 heterocycles. The van der Waals surface area contributed by atoms with Crippen molar-refractivity contribution >= 4 is 0 Å². The van der Waals surface area contributed by atoms with Crippen molar-refractivity contribution in [1.82, 2.24) is 0 Å². The Morgan fingerprint density at radius 1 is 1.00 bits per heavy atom. The first-order chi connectivity index (χ1) is 5.74. The molecule has 74 valence electrons. The van der Waals surface area contributed by atoms with Crippen molar-refractivity contribution in [2.75, 3.05) is 41.2 Å². The van der Waals surface area contributed by atoms with Crippen LogP contribution in [0.25, 0.3) is 0 Å². The second-order valence-electron chi connectivity index (χ2n) is 2.56. The molecule has 0 aromatic carbocycles. The number of rotatable bonds is 7. The number of hydrogen-bond donors (Lipinski definition) is 1. The van der Waals surface area contributed by atoms with Crippen LogP contribution in [0.4, 0.5) is 0 Å². The van der Waals surface area contributed by atoms with E-state index in [1.807, 2.05) is 0 Å². The Balaban J connectivity index is 4.06. The Morgan fingerprint density at radius 2 is 1.50 bits per heavy atom. The smallest absolute Gasteiger partial charge is 0.139 e. The number of ether oxygens (including phenoxy) is 3. The van der Waals surface area contributed by atoms with Gasteiger partial charge in [-0.3, -0.25) is 0 Å². The summed E-state index contributed by atoms with van der Waals surface area (Å²) in [5, 5.41) is 0. The molecule has 0 saturated heterocycles. The average Bonchev–Trinajstić information content (AvgIpc) is 2.06. The van der Waals surface area contributed by atoms with Crippen LogP contribution >= 0.6 is 0 Å². The largest absolute Gasteiger partial charge is 0.381 e. The minimum Gasteiger partial charge on any atom is -0.381 e. The van der Waals surface area contributed by atoms with E-state index in [2.05, 4.69) is 4.84 Å². The highest BCUT2D eigenvalue weighted by molar-refractivity contribution is 4.79. The van der Waals surface area contributed by atoms with Gasteiger partial charge in [0.1, 0.15) is 12.2 Å². The SMILES string of the molecule is COCC(COC)(CON)OC. The Kier molecular flexibility index (Phi) is 6.23. The molecule has 2 N–H and O–H groups in total. The maximum absolute atomic E-state index is 5.20. The van der Waals surface area contributed by atoms with Crippen LogP contribution in [-0.2, 0) is 19.0 Å². The third kappa shape index (κ3) is 3.46. The Bertz CT molecular complexity index is 92.6. The van der Waals surface area contributed by atoms with Crippen LogP contribution in [0.3, 0.4) is 0 Å². The average molecular weight is 179 g/mol. The van der Waals surface area contributed by atoms with Gasteiger partial charge in [-0.1, -0.05) is 0 Å². The van der Waals surface area contributed by atoms with Crippen molar-refractivity contribution in [3.8, 4) is 0 Å². The van der Waals surface area contributed by atoms with Gasteiger partial charge in [-0.25, -0.2) is 5.90 Å². The first-order valence-corrected chi connectivity index (χ1v) is 3.59. The summed E-state index contributed by atoms with van der Waals surface area (Å²) >= 11 is 0. The van der Waals surface area contributed by atoms with Crippen LogP contribution in [0.5, 0.6) is 0 Å². The van der Waals surface area contributed by atoms with Gasteiger partial charge in [0.15, 0.2) is 0 Å². The fourth-order valence-corrected chi connectivity index (χ4v) is 0.980. The molecule has 5 nitrogen and oxygen atoms in total. The van der Waals surface area contributed by atoms with Gasteiger partial charge < -0.3 is 19.0 Å². The van der Waals surface area contributed by atoms with Crippen LogP contribution in [-0.4, -0.2) is 46.8 Å². The van der Waals surface area contributed by atoms with Gasteiger partial charge in [-0.15, -0.1) is 0 Å². The quantitative estimate of drug-likeness (QED) is 0.536. The van der Waals surface area contributed by atoms with Gasteiger partial charge in [-0.05, 0) is 0 Å². The Labute approximate surface area is 72.7 Å². The molecule has 0 spiro atoms. The van der Waals surface area contributed by atoms with E-state index in [1.54, 1.807) is 21.3 Å². The zero-order chi connectivity index (χ0) is 9.45. The lowest BCUT2D eigenvalue weighted by molar-refractivity contribution is -0.141. The van der Waals surface area contributed by atoms with Crippen molar-refractivity contribution in [2.24, 2.45) is 5.90 Å². The molecule has 0 saturated carbocycles. The summed E-state index contributed by atoms with van der Waals surface area (Å²) < 4.78 is 15.1. The van der Waals surface area contributed by atoms with E-state index in [1.165, 1.54) is 0 Å². The first kappa shape index (κ1) is 11.8. The van der Waals surface area contributed by atoms with Crippen LogP contribution in [0, 0.1) is 0 Å². The van der Waals surface area contributed by atoms with E-state index in [0.29, 0.717) is 13.2 Å². The Hall–Kier alpha value is -0.200. The van der Waals surface area contributed by atoms with Crippen LogP contribution in [0.1, 0.15) is 0 Å². The zero-order valence-corrected chi connectivity index (χ0v) is 7.83. The first-order valence-electron chi connectivity index (χ1n) is 3.59. The molecular weight excluding hydrogens is 162 g/mol. The lowest BCUT2D eigenvalue weighted by Crippen LogP contribution is -2.46. The lowest BCUT2D eigenvalue weighted by Gasteiger charge is -2.29. The predicted octanol–water partition coefficient (Wildman–Crippen LogP) is -0.445. The number of nitrogens with two attached hydrogens (primary N) is 1. The van der Waals surface area contributed by atoms with Crippen molar-refractivity contribution in [2.45, 2.75) is 5.60 Å². The minimum atomic E-state index is -0.599. The second kappa shape index (κ2) is 6.33. The van der Waals surface area contributed by atoms with Gasteiger partial charge in [0.2, 0.25) is 0 Å². The third-order valence-electron chi connectivity index (χ3n) is 1.59. The summed E-state index contributed by atoms with van der Waals surface area (Å²) in [5.41, 5.74) is -0.599. The summed E-state index contributed by atoms with van der Waals surface area (Å²) in [6.07, 6.45) is 0. The zero-order valence-electron chi connectivity index (χ0n) is 7.83. The summed E-state index contributed by atoms with van der Waals surface area (Å²) in [6, 6.07) is 0. The number of hydrogen-bond acceptors (Lipinski definition) is 5. The Morgan fingerprint density at radius 3 is 1.75 bits per heavy atom. The molecule has 0 atom stereocenters. The van der Waals surface area contributed by atoms with Gasteiger partial charge in [-0.2, -0.15) is 0 Å². The molecule has 0 fully saturated rings. The van der Waals surface area contributed by atoms with E-state index in [4.69, 9.17) is 20.1 Å². The maximum atomic E-state index is 5.20. The van der Waals surface area contributed by atoms with Crippen LogP contribution in [0.2, 0.25) is 0 Å². The van der Waals surface area contributed by atoms with Gasteiger partial charge in [0, 0.05) is 21.3 Å². The van der Waals surface area contributed by atoms with Crippen molar-refractivity contribution in [3.63, 3.8) is 0 Å². The molecule has 0 aliphatic heterocycles. The highest BCUT2D eigenvalue weighted by atomic mass is 16.6. The molecule has 0 aliphatic carbocycles. The third-order valence-corrected chi connectivity index (χ3v) is 1.59. The topological polar surface area (TPSA) is 62.9 Å². The van der Waals surface area contributed by atoms with Crippen molar-refractivity contribution in [1.29, 1.82) is 0 Å². The molecule has 0 rings (SSSR count).